The van der Waals surface area contributed by atoms with E-state index in [1.54, 1.807) is 12.1 Å². The lowest BCUT2D eigenvalue weighted by atomic mass is 9.92. The number of aryl methyl sites for hydroxylation is 1. The Kier molecular flexibility index (Phi) is 16.9. The van der Waals surface area contributed by atoms with Crippen molar-refractivity contribution in [3.05, 3.63) is 29.8 Å². The summed E-state index contributed by atoms with van der Waals surface area (Å²) in [5, 5.41) is 0. The molecule has 0 atom stereocenters. The minimum absolute atomic E-state index is 0.263. The maximum absolute atomic E-state index is 12.5. The van der Waals surface area contributed by atoms with Crippen LogP contribution in [0.2, 0.25) is 0 Å². The van der Waals surface area contributed by atoms with Gasteiger partial charge in [-0.1, -0.05) is 134 Å². The molecule has 0 aromatic heterocycles. The number of hydrogen-bond acceptors (Lipinski definition) is 3. The van der Waals surface area contributed by atoms with Crippen molar-refractivity contribution in [1.82, 2.24) is 0 Å². The number of unbranched alkanes of at least 4 members (excludes halogenated alkanes) is 12. The third-order valence-electron chi connectivity index (χ3n) is 6.51. The van der Waals surface area contributed by atoms with Crippen LogP contribution in [-0.2, 0) is 14.3 Å². The van der Waals surface area contributed by atoms with E-state index in [2.05, 4.69) is 13.8 Å². The maximum atomic E-state index is 12.5. The molecule has 1 aromatic rings. The SMILES string of the molecule is CCCCCCCCCC(CCCCCCCCC)CCOS(=O)(=O)c1ccc(C)cc1. The van der Waals surface area contributed by atoms with Gasteiger partial charge in [-0.2, -0.15) is 8.42 Å². The largest absolute Gasteiger partial charge is 0.296 e. The average Bonchev–Trinajstić information content (AvgIpc) is 2.77. The van der Waals surface area contributed by atoms with E-state index < -0.39 is 10.1 Å². The summed E-state index contributed by atoms with van der Waals surface area (Å²) in [7, 11) is -3.65. The summed E-state index contributed by atoms with van der Waals surface area (Å²) in [5.74, 6) is 0.578. The second-order valence-corrected chi connectivity index (χ2v) is 11.2. The van der Waals surface area contributed by atoms with Crippen LogP contribution in [0.3, 0.4) is 0 Å². The van der Waals surface area contributed by atoms with Gasteiger partial charge >= 0.3 is 0 Å². The van der Waals surface area contributed by atoms with E-state index >= 15 is 0 Å². The molecule has 0 amide bonds. The number of hydrogen-bond donors (Lipinski definition) is 0. The highest BCUT2D eigenvalue weighted by Crippen LogP contribution is 2.23. The predicted octanol–water partition coefficient (Wildman–Crippen LogP) is 8.99. The smallest absolute Gasteiger partial charge is 0.266 e. The molecule has 0 saturated heterocycles. The second kappa shape index (κ2) is 18.5. The topological polar surface area (TPSA) is 43.4 Å². The molecule has 0 spiro atoms. The predicted molar refractivity (Wildman–Crippen MR) is 138 cm³/mol. The molecule has 0 bridgehead atoms. The molecule has 0 fully saturated rings. The lowest BCUT2D eigenvalue weighted by Crippen LogP contribution is -2.11. The first kappa shape index (κ1) is 29.2. The molecule has 0 aliphatic heterocycles. The lowest BCUT2D eigenvalue weighted by molar-refractivity contribution is 0.263. The summed E-state index contributed by atoms with van der Waals surface area (Å²) in [6, 6.07) is 6.92. The van der Waals surface area contributed by atoms with Gasteiger partial charge in [0.2, 0.25) is 0 Å². The monoisotopic (exact) mass is 466 g/mol. The van der Waals surface area contributed by atoms with Gasteiger partial charge in [-0.15, -0.1) is 0 Å². The third kappa shape index (κ3) is 14.3. The van der Waals surface area contributed by atoms with Crippen molar-refractivity contribution in [3.63, 3.8) is 0 Å². The number of rotatable bonds is 21. The van der Waals surface area contributed by atoms with E-state index in [1.807, 2.05) is 19.1 Å². The quantitative estimate of drug-likeness (QED) is 0.134. The van der Waals surface area contributed by atoms with Gasteiger partial charge in [0.25, 0.3) is 10.1 Å². The molecule has 1 aromatic carbocycles. The van der Waals surface area contributed by atoms with Crippen LogP contribution in [0, 0.1) is 12.8 Å². The third-order valence-corrected chi connectivity index (χ3v) is 7.83. The van der Waals surface area contributed by atoms with Crippen LogP contribution in [0.4, 0.5) is 0 Å². The van der Waals surface area contributed by atoms with E-state index in [4.69, 9.17) is 4.18 Å². The van der Waals surface area contributed by atoms with Gasteiger partial charge in [0.1, 0.15) is 0 Å². The van der Waals surface area contributed by atoms with Crippen molar-refractivity contribution in [2.45, 2.75) is 135 Å². The Balaban J connectivity index is 2.38. The average molecular weight is 467 g/mol. The molecule has 0 unspecified atom stereocenters. The van der Waals surface area contributed by atoms with Crippen LogP contribution in [0.5, 0.6) is 0 Å². The van der Waals surface area contributed by atoms with E-state index in [-0.39, 0.29) is 4.90 Å². The first-order valence-corrected chi connectivity index (χ1v) is 14.9. The highest BCUT2D eigenvalue weighted by molar-refractivity contribution is 7.86. The first-order chi connectivity index (χ1) is 15.5. The zero-order valence-electron chi connectivity index (χ0n) is 21.2. The Morgan fingerprint density at radius 3 is 1.56 bits per heavy atom. The Hall–Kier alpha value is -0.870. The van der Waals surface area contributed by atoms with Crippen LogP contribution in [0.25, 0.3) is 0 Å². The molecule has 0 saturated carbocycles. The highest BCUT2D eigenvalue weighted by atomic mass is 32.2. The fourth-order valence-electron chi connectivity index (χ4n) is 4.31. The van der Waals surface area contributed by atoms with Crippen LogP contribution in [-0.4, -0.2) is 15.0 Å². The minimum Gasteiger partial charge on any atom is -0.266 e. The van der Waals surface area contributed by atoms with Crippen LogP contribution in [0.1, 0.15) is 129 Å². The molecule has 0 aliphatic rings. The highest BCUT2D eigenvalue weighted by Gasteiger charge is 2.16. The molecule has 0 N–H and O–H groups in total. The second-order valence-electron chi connectivity index (χ2n) is 9.56. The Labute approximate surface area is 199 Å². The molecule has 3 nitrogen and oxygen atoms in total. The number of benzene rings is 1. The van der Waals surface area contributed by atoms with Gasteiger partial charge in [0, 0.05) is 0 Å². The molecule has 0 heterocycles. The summed E-state index contributed by atoms with van der Waals surface area (Å²) in [6.45, 7) is 6.77. The van der Waals surface area contributed by atoms with Crippen molar-refractivity contribution >= 4 is 10.1 Å². The fourth-order valence-corrected chi connectivity index (χ4v) is 5.23. The Morgan fingerprint density at radius 1 is 0.656 bits per heavy atom. The zero-order valence-corrected chi connectivity index (χ0v) is 22.1. The fraction of sp³-hybridized carbons (Fsp3) is 0.786. The van der Waals surface area contributed by atoms with Crippen molar-refractivity contribution < 1.29 is 12.6 Å². The van der Waals surface area contributed by atoms with Crippen LogP contribution in [0.15, 0.2) is 29.2 Å². The summed E-state index contributed by atoms with van der Waals surface area (Å²) < 4.78 is 30.3. The summed E-state index contributed by atoms with van der Waals surface area (Å²) in [4.78, 5) is 0.263. The van der Waals surface area contributed by atoms with Crippen LogP contribution >= 0.6 is 0 Å². The minimum atomic E-state index is -3.65. The van der Waals surface area contributed by atoms with Crippen molar-refractivity contribution in [2.75, 3.05) is 6.61 Å². The lowest BCUT2D eigenvalue weighted by Gasteiger charge is -2.17. The summed E-state index contributed by atoms with van der Waals surface area (Å²) >= 11 is 0. The molecule has 32 heavy (non-hydrogen) atoms. The normalized spacial score (nSPS) is 12.0. The molecule has 4 heteroatoms. The standard InChI is InChI=1S/C28H50O3S/c1-4-6-8-10-12-14-16-18-27(19-17-15-13-11-9-7-5-2)24-25-31-32(29,30)28-22-20-26(3)21-23-28/h20-23,27H,4-19,24-25H2,1-3H3. The van der Waals surface area contributed by atoms with E-state index in [0.29, 0.717) is 12.5 Å². The maximum Gasteiger partial charge on any atom is 0.296 e. The van der Waals surface area contributed by atoms with Gasteiger partial charge in [-0.3, -0.25) is 4.18 Å². The zero-order chi connectivity index (χ0) is 23.5. The summed E-state index contributed by atoms with van der Waals surface area (Å²) in [6.07, 6.45) is 21.8. The van der Waals surface area contributed by atoms with E-state index in [1.165, 1.54) is 103 Å². The Bertz CT molecular complexity index is 634. The first-order valence-electron chi connectivity index (χ1n) is 13.5. The van der Waals surface area contributed by atoms with Gasteiger partial charge in [-0.05, 0) is 31.4 Å². The molecule has 0 radical (unpaired) electrons. The molecular weight excluding hydrogens is 416 g/mol. The van der Waals surface area contributed by atoms with Crippen molar-refractivity contribution in [2.24, 2.45) is 5.92 Å². The van der Waals surface area contributed by atoms with Gasteiger partial charge in [-0.25, -0.2) is 0 Å². The van der Waals surface area contributed by atoms with Crippen molar-refractivity contribution in [1.29, 1.82) is 0 Å². The van der Waals surface area contributed by atoms with E-state index in [0.717, 1.165) is 12.0 Å². The molecule has 186 valence electrons. The Morgan fingerprint density at radius 2 is 1.09 bits per heavy atom. The van der Waals surface area contributed by atoms with Gasteiger partial charge in [0.05, 0.1) is 11.5 Å². The summed E-state index contributed by atoms with van der Waals surface area (Å²) in [5.41, 5.74) is 1.05. The van der Waals surface area contributed by atoms with Crippen LogP contribution < -0.4 is 0 Å². The van der Waals surface area contributed by atoms with Gasteiger partial charge < -0.3 is 0 Å². The molecular formula is C28H50O3S. The van der Waals surface area contributed by atoms with Crippen molar-refractivity contribution in [3.8, 4) is 0 Å². The van der Waals surface area contributed by atoms with Gasteiger partial charge in [0.15, 0.2) is 0 Å². The molecule has 0 aliphatic carbocycles. The molecule has 1 rings (SSSR count). The van der Waals surface area contributed by atoms with E-state index in [9.17, 15) is 8.42 Å².